The second-order valence-corrected chi connectivity index (χ2v) is 3.48. The molecule has 0 heterocycles. The van der Waals surface area contributed by atoms with Crippen LogP contribution in [0.3, 0.4) is 0 Å². The topological polar surface area (TPSA) is 9.23 Å². The van der Waals surface area contributed by atoms with Crippen LogP contribution >= 0.6 is 0 Å². The average Bonchev–Trinajstić information content (AvgIpc) is 2.26. The normalized spacial score (nSPS) is 12.4. The van der Waals surface area contributed by atoms with E-state index >= 15 is 0 Å². The van der Waals surface area contributed by atoms with Crippen molar-refractivity contribution in [2.75, 3.05) is 0 Å². The van der Waals surface area contributed by atoms with Crippen molar-refractivity contribution < 1.29 is 4.74 Å². The molecule has 1 aromatic rings. The van der Waals surface area contributed by atoms with Crippen LogP contribution in [0.25, 0.3) is 6.08 Å². The van der Waals surface area contributed by atoms with Crippen LogP contribution in [-0.2, 0) is 11.3 Å². The van der Waals surface area contributed by atoms with Crippen molar-refractivity contribution in [3.8, 4) is 0 Å². The highest BCUT2D eigenvalue weighted by Gasteiger charge is 1.98. The standard InChI is InChI=1S/C13H18O/c1-4-11(3)14-10-13-8-6-12(5-2)7-9-13/h5-9,11H,2,4,10H2,1,3H3/t11-/m0/s1. The Morgan fingerprint density at radius 3 is 2.50 bits per heavy atom. The molecule has 0 saturated heterocycles. The molecule has 1 aromatic carbocycles. The second kappa shape index (κ2) is 5.61. The van der Waals surface area contributed by atoms with E-state index in [1.54, 1.807) is 0 Å². The lowest BCUT2D eigenvalue weighted by Gasteiger charge is -2.10. The number of benzene rings is 1. The Kier molecular flexibility index (Phi) is 4.41. The van der Waals surface area contributed by atoms with Gasteiger partial charge in [0.1, 0.15) is 0 Å². The van der Waals surface area contributed by atoms with E-state index in [1.807, 2.05) is 6.08 Å². The molecule has 0 fully saturated rings. The number of ether oxygens (including phenoxy) is 1. The molecule has 1 rings (SSSR count). The van der Waals surface area contributed by atoms with E-state index in [4.69, 9.17) is 4.74 Å². The van der Waals surface area contributed by atoms with Crippen LogP contribution in [-0.4, -0.2) is 6.10 Å². The molecule has 0 amide bonds. The lowest BCUT2D eigenvalue weighted by atomic mass is 10.1. The molecule has 14 heavy (non-hydrogen) atoms. The van der Waals surface area contributed by atoms with Gasteiger partial charge in [-0.25, -0.2) is 0 Å². The third-order valence-electron chi connectivity index (χ3n) is 2.32. The highest BCUT2D eigenvalue weighted by atomic mass is 16.5. The van der Waals surface area contributed by atoms with Crippen LogP contribution in [0.4, 0.5) is 0 Å². The monoisotopic (exact) mass is 190 g/mol. The van der Waals surface area contributed by atoms with Crippen LogP contribution in [0, 0.1) is 0 Å². The van der Waals surface area contributed by atoms with Crippen molar-refractivity contribution in [1.29, 1.82) is 0 Å². The summed E-state index contributed by atoms with van der Waals surface area (Å²) in [5.74, 6) is 0. The van der Waals surface area contributed by atoms with Gasteiger partial charge in [0, 0.05) is 0 Å². The Morgan fingerprint density at radius 1 is 1.36 bits per heavy atom. The van der Waals surface area contributed by atoms with Crippen LogP contribution in [0.5, 0.6) is 0 Å². The highest BCUT2D eigenvalue weighted by molar-refractivity contribution is 5.47. The Bertz CT molecular complexity index is 274. The molecule has 0 aliphatic heterocycles. The van der Waals surface area contributed by atoms with E-state index in [0.29, 0.717) is 12.7 Å². The Labute approximate surface area is 86.4 Å². The molecule has 0 bridgehead atoms. The smallest absolute Gasteiger partial charge is 0.0720 e. The van der Waals surface area contributed by atoms with Gasteiger partial charge in [-0.1, -0.05) is 43.8 Å². The van der Waals surface area contributed by atoms with Crippen molar-refractivity contribution in [3.05, 3.63) is 42.0 Å². The minimum absolute atomic E-state index is 0.342. The molecule has 1 heteroatoms. The number of rotatable bonds is 5. The van der Waals surface area contributed by atoms with Gasteiger partial charge in [-0.05, 0) is 24.5 Å². The maximum absolute atomic E-state index is 5.62. The number of hydrogen-bond acceptors (Lipinski definition) is 1. The molecule has 76 valence electrons. The highest BCUT2D eigenvalue weighted by Crippen LogP contribution is 2.08. The first-order valence-corrected chi connectivity index (χ1v) is 5.09. The summed E-state index contributed by atoms with van der Waals surface area (Å²) < 4.78 is 5.62. The fourth-order valence-electron chi connectivity index (χ4n) is 1.11. The Morgan fingerprint density at radius 2 is 2.00 bits per heavy atom. The summed E-state index contributed by atoms with van der Waals surface area (Å²) in [5, 5.41) is 0. The van der Waals surface area contributed by atoms with Crippen LogP contribution < -0.4 is 0 Å². The van der Waals surface area contributed by atoms with Crippen molar-refractivity contribution >= 4 is 6.08 Å². The van der Waals surface area contributed by atoms with Crippen molar-refractivity contribution in [2.45, 2.75) is 33.0 Å². The summed E-state index contributed by atoms with van der Waals surface area (Å²) in [6.07, 6.45) is 3.25. The minimum atomic E-state index is 0.342. The molecule has 0 aromatic heterocycles. The largest absolute Gasteiger partial charge is 0.374 e. The zero-order valence-corrected chi connectivity index (χ0v) is 8.99. The van der Waals surface area contributed by atoms with Crippen molar-refractivity contribution in [1.82, 2.24) is 0 Å². The lowest BCUT2D eigenvalue weighted by molar-refractivity contribution is 0.0508. The molecule has 0 N–H and O–H groups in total. The predicted molar refractivity (Wildman–Crippen MR) is 61.1 cm³/mol. The third kappa shape index (κ3) is 3.35. The van der Waals surface area contributed by atoms with E-state index in [0.717, 1.165) is 12.0 Å². The minimum Gasteiger partial charge on any atom is -0.374 e. The molecular formula is C13H18O. The summed E-state index contributed by atoms with van der Waals surface area (Å²) in [6.45, 7) is 8.64. The SMILES string of the molecule is C=Cc1ccc(CO[C@@H](C)CC)cc1. The zero-order valence-electron chi connectivity index (χ0n) is 8.99. The van der Waals surface area contributed by atoms with E-state index < -0.39 is 0 Å². The van der Waals surface area contributed by atoms with Gasteiger partial charge >= 0.3 is 0 Å². The van der Waals surface area contributed by atoms with Gasteiger partial charge < -0.3 is 4.74 Å². The molecular weight excluding hydrogens is 172 g/mol. The van der Waals surface area contributed by atoms with Gasteiger partial charge in [0.2, 0.25) is 0 Å². The molecule has 0 saturated carbocycles. The van der Waals surface area contributed by atoms with E-state index in [9.17, 15) is 0 Å². The Balaban J connectivity index is 2.47. The molecule has 0 aliphatic rings. The fraction of sp³-hybridized carbons (Fsp3) is 0.385. The lowest BCUT2D eigenvalue weighted by Crippen LogP contribution is -2.05. The quantitative estimate of drug-likeness (QED) is 0.688. The van der Waals surface area contributed by atoms with E-state index in [-0.39, 0.29) is 0 Å². The predicted octanol–water partition coefficient (Wildman–Crippen LogP) is 3.64. The third-order valence-corrected chi connectivity index (χ3v) is 2.32. The average molecular weight is 190 g/mol. The summed E-state index contributed by atoms with van der Waals surface area (Å²) in [5.41, 5.74) is 2.37. The second-order valence-electron chi connectivity index (χ2n) is 3.48. The van der Waals surface area contributed by atoms with Gasteiger partial charge in [-0.2, -0.15) is 0 Å². The van der Waals surface area contributed by atoms with Gasteiger partial charge in [0.25, 0.3) is 0 Å². The molecule has 0 radical (unpaired) electrons. The summed E-state index contributed by atoms with van der Waals surface area (Å²) in [4.78, 5) is 0. The first-order valence-electron chi connectivity index (χ1n) is 5.09. The maximum atomic E-state index is 5.62. The van der Waals surface area contributed by atoms with Gasteiger partial charge in [-0.3, -0.25) is 0 Å². The van der Waals surface area contributed by atoms with Crippen LogP contribution in [0.15, 0.2) is 30.8 Å². The fourth-order valence-corrected chi connectivity index (χ4v) is 1.11. The molecule has 1 atom stereocenters. The van der Waals surface area contributed by atoms with Crippen molar-refractivity contribution in [3.63, 3.8) is 0 Å². The molecule has 0 aliphatic carbocycles. The molecule has 0 unspecified atom stereocenters. The first-order chi connectivity index (χ1) is 6.76. The summed E-state index contributed by atoms with van der Waals surface area (Å²) >= 11 is 0. The first kappa shape index (κ1) is 11.0. The van der Waals surface area contributed by atoms with Crippen molar-refractivity contribution in [2.24, 2.45) is 0 Å². The maximum Gasteiger partial charge on any atom is 0.0720 e. The zero-order chi connectivity index (χ0) is 10.4. The van der Waals surface area contributed by atoms with E-state index in [2.05, 4.69) is 44.7 Å². The molecule has 0 spiro atoms. The Hall–Kier alpha value is -1.08. The van der Waals surface area contributed by atoms with E-state index in [1.165, 1.54) is 5.56 Å². The van der Waals surface area contributed by atoms with Crippen LogP contribution in [0.1, 0.15) is 31.4 Å². The van der Waals surface area contributed by atoms with Gasteiger partial charge in [-0.15, -0.1) is 0 Å². The van der Waals surface area contributed by atoms with Gasteiger partial charge in [0.05, 0.1) is 12.7 Å². The van der Waals surface area contributed by atoms with Gasteiger partial charge in [0.15, 0.2) is 0 Å². The summed E-state index contributed by atoms with van der Waals surface area (Å²) in [6, 6.07) is 8.28. The molecule has 1 nitrogen and oxygen atoms in total. The number of hydrogen-bond donors (Lipinski definition) is 0. The van der Waals surface area contributed by atoms with Crippen LogP contribution in [0.2, 0.25) is 0 Å². The summed E-state index contributed by atoms with van der Waals surface area (Å²) in [7, 11) is 0.